The van der Waals surface area contributed by atoms with Crippen molar-refractivity contribution < 1.29 is 14.3 Å². The summed E-state index contributed by atoms with van der Waals surface area (Å²) in [5.41, 5.74) is -0.487. The second-order valence-electron chi connectivity index (χ2n) is 5.77. The number of hydrogen-bond acceptors (Lipinski definition) is 3. The van der Waals surface area contributed by atoms with E-state index in [1.54, 1.807) is 4.90 Å². The molecule has 19 heavy (non-hydrogen) atoms. The molecular weight excluding hydrogens is 268 g/mol. The Balaban J connectivity index is 2.33. The lowest BCUT2D eigenvalue weighted by Gasteiger charge is -2.24. The van der Waals surface area contributed by atoms with Crippen LogP contribution in [0.15, 0.2) is 0 Å². The first-order chi connectivity index (χ1) is 8.81. The first-order valence-corrected chi connectivity index (χ1v) is 7.18. The lowest BCUT2D eigenvalue weighted by Crippen LogP contribution is -2.40. The van der Waals surface area contributed by atoms with Crippen molar-refractivity contribution >= 4 is 23.6 Å². The van der Waals surface area contributed by atoms with Gasteiger partial charge in [-0.1, -0.05) is 0 Å². The SMILES string of the molecule is CC(C)(C)OC(=O)N1CC[C@@H](NC(=O)CCCCl)C1. The summed E-state index contributed by atoms with van der Waals surface area (Å²) in [6.07, 6.45) is 1.57. The molecule has 2 amide bonds. The average molecular weight is 291 g/mol. The van der Waals surface area contributed by atoms with Crippen molar-refractivity contribution in [1.29, 1.82) is 0 Å². The summed E-state index contributed by atoms with van der Waals surface area (Å²) in [6.45, 7) is 6.65. The topological polar surface area (TPSA) is 58.6 Å². The number of nitrogens with zero attached hydrogens (tertiary/aromatic N) is 1. The number of likely N-dealkylation sites (tertiary alicyclic amines) is 1. The van der Waals surface area contributed by atoms with Gasteiger partial charge in [0.05, 0.1) is 0 Å². The fourth-order valence-corrected chi connectivity index (χ4v) is 2.03. The molecule has 6 heteroatoms. The minimum atomic E-state index is -0.487. The summed E-state index contributed by atoms with van der Waals surface area (Å²) in [5.74, 6) is 0.485. The van der Waals surface area contributed by atoms with Gasteiger partial charge in [-0.3, -0.25) is 4.79 Å². The molecule has 0 radical (unpaired) electrons. The van der Waals surface area contributed by atoms with E-state index >= 15 is 0 Å². The minimum Gasteiger partial charge on any atom is -0.444 e. The van der Waals surface area contributed by atoms with E-state index in [-0.39, 0.29) is 18.0 Å². The van der Waals surface area contributed by atoms with Gasteiger partial charge in [0.25, 0.3) is 0 Å². The Labute approximate surface area is 119 Å². The van der Waals surface area contributed by atoms with E-state index in [0.717, 1.165) is 6.42 Å². The summed E-state index contributed by atoms with van der Waals surface area (Å²) in [4.78, 5) is 25.0. The molecule has 0 aromatic carbocycles. The minimum absolute atomic E-state index is 0.00307. The molecule has 5 nitrogen and oxygen atoms in total. The number of carbonyl (C=O) groups excluding carboxylic acids is 2. The van der Waals surface area contributed by atoms with Gasteiger partial charge in [-0.2, -0.15) is 0 Å². The third-order valence-corrected chi connectivity index (χ3v) is 3.01. The van der Waals surface area contributed by atoms with Crippen molar-refractivity contribution in [2.45, 2.75) is 51.7 Å². The molecule has 0 bridgehead atoms. The van der Waals surface area contributed by atoms with Gasteiger partial charge in [-0.15, -0.1) is 11.6 Å². The number of ether oxygens (including phenoxy) is 1. The Morgan fingerprint density at radius 3 is 2.68 bits per heavy atom. The van der Waals surface area contributed by atoms with Crippen LogP contribution in [-0.2, 0) is 9.53 Å². The highest BCUT2D eigenvalue weighted by atomic mass is 35.5. The molecular formula is C13H23ClN2O3. The summed E-state index contributed by atoms with van der Waals surface area (Å²) in [6, 6.07) is 0.0235. The Kier molecular flexibility index (Phi) is 5.91. The molecule has 0 aromatic heterocycles. The second kappa shape index (κ2) is 6.98. The van der Waals surface area contributed by atoms with E-state index in [4.69, 9.17) is 16.3 Å². The maximum Gasteiger partial charge on any atom is 0.410 e. The number of nitrogens with one attached hydrogen (secondary N) is 1. The highest BCUT2D eigenvalue weighted by Gasteiger charge is 2.30. The molecule has 1 atom stereocenters. The zero-order valence-electron chi connectivity index (χ0n) is 11.9. The van der Waals surface area contributed by atoms with Crippen LogP contribution in [0.5, 0.6) is 0 Å². The van der Waals surface area contributed by atoms with Crippen molar-refractivity contribution in [1.82, 2.24) is 10.2 Å². The normalized spacial score (nSPS) is 19.4. The highest BCUT2D eigenvalue weighted by Crippen LogP contribution is 2.15. The standard InChI is InChI=1S/C13H23ClN2O3/c1-13(2,3)19-12(18)16-8-6-10(9-16)15-11(17)5-4-7-14/h10H,4-9H2,1-3H3,(H,15,17)/t10-/m1/s1. The summed E-state index contributed by atoms with van der Waals surface area (Å²) in [7, 11) is 0. The van der Waals surface area contributed by atoms with Crippen LogP contribution in [-0.4, -0.2) is 47.5 Å². The molecule has 0 aliphatic carbocycles. The average Bonchev–Trinajstić information content (AvgIpc) is 2.72. The van der Waals surface area contributed by atoms with Crippen LogP contribution >= 0.6 is 11.6 Å². The Morgan fingerprint density at radius 2 is 2.11 bits per heavy atom. The fraction of sp³-hybridized carbons (Fsp3) is 0.846. The zero-order chi connectivity index (χ0) is 14.5. The first-order valence-electron chi connectivity index (χ1n) is 6.65. The Hall–Kier alpha value is -0.970. The Morgan fingerprint density at radius 1 is 1.42 bits per heavy atom. The maximum absolute atomic E-state index is 11.8. The molecule has 1 aliphatic heterocycles. The van der Waals surface area contributed by atoms with Crippen molar-refractivity contribution in [2.75, 3.05) is 19.0 Å². The molecule has 1 N–H and O–H groups in total. The van der Waals surface area contributed by atoms with E-state index in [1.165, 1.54) is 0 Å². The molecule has 1 fully saturated rings. The van der Waals surface area contributed by atoms with Gasteiger partial charge < -0.3 is 15.0 Å². The molecule has 1 rings (SSSR count). The van der Waals surface area contributed by atoms with Crippen LogP contribution in [0.1, 0.15) is 40.0 Å². The van der Waals surface area contributed by atoms with Gasteiger partial charge in [0.1, 0.15) is 5.60 Å². The smallest absolute Gasteiger partial charge is 0.410 e. The summed E-state index contributed by atoms with van der Waals surface area (Å²) in [5, 5.41) is 2.91. The van der Waals surface area contributed by atoms with Crippen LogP contribution in [0.3, 0.4) is 0 Å². The molecule has 1 saturated heterocycles. The largest absolute Gasteiger partial charge is 0.444 e. The number of rotatable bonds is 4. The second-order valence-corrected chi connectivity index (χ2v) is 6.15. The molecule has 0 spiro atoms. The molecule has 1 aliphatic rings. The number of amides is 2. The predicted molar refractivity (Wildman–Crippen MR) is 74.3 cm³/mol. The molecule has 0 unspecified atom stereocenters. The number of carbonyl (C=O) groups is 2. The monoisotopic (exact) mass is 290 g/mol. The first kappa shape index (κ1) is 16.1. The van der Waals surface area contributed by atoms with Crippen molar-refractivity contribution in [3.63, 3.8) is 0 Å². The lowest BCUT2D eigenvalue weighted by molar-refractivity contribution is -0.121. The van der Waals surface area contributed by atoms with Crippen molar-refractivity contribution in [2.24, 2.45) is 0 Å². The van der Waals surface area contributed by atoms with Gasteiger partial charge >= 0.3 is 6.09 Å². The Bertz CT molecular complexity index is 328. The van der Waals surface area contributed by atoms with E-state index in [9.17, 15) is 9.59 Å². The van der Waals surface area contributed by atoms with Gasteiger partial charge in [0.15, 0.2) is 0 Å². The lowest BCUT2D eigenvalue weighted by atomic mass is 10.2. The van der Waals surface area contributed by atoms with Gasteiger partial charge in [-0.05, 0) is 33.6 Å². The van der Waals surface area contributed by atoms with E-state index in [1.807, 2.05) is 20.8 Å². The van der Waals surface area contributed by atoms with Crippen LogP contribution in [0.2, 0.25) is 0 Å². The third kappa shape index (κ3) is 6.14. The predicted octanol–water partition coefficient (Wildman–Crippen LogP) is 2.13. The quantitative estimate of drug-likeness (QED) is 0.807. The number of halogens is 1. The molecule has 110 valence electrons. The van der Waals surface area contributed by atoms with E-state index in [0.29, 0.717) is 31.8 Å². The van der Waals surface area contributed by atoms with Crippen LogP contribution in [0.25, 0.3) is 0 Å². The van der Waals surface area contributed by atoms with E-state index < -0.39 is 5.60 Å². The van der Waals surface area contributed by atoms with Crippen LogP contribution in [0.4, 0.5) is 4.79 Å². The van der Waals surface area contributed by atoms with E-state index in [2.05, 4.69) is 5.32 Å². The molecule has 0 saturated carbocycles. The molecule has 0 aromatic rings. The maximum atomic E-state index is 11.8. The van der Waals surface area contributed by atoms with Crippen LogP contribution < -0.4 is 5.32 Å². The van der Waals surface area contributed by atoms with Gasteiger partial charge in [0.2, 0.25) is 5.91 Å². The molecule has 1 heterocycles. The van der Waals surface area contributed by atoms with Gasteiger partial charge in [0, 0.05) is 31.4 Å². The summed E-state index contributed by atoms with van der Waals surface area (Å²) >= 11 is 5.54. The number of alkyl halides is 1. The fourth-order valence-electron chi connectivity index (χ4n) is 1.90. The van der Waals surface area contributed by atoms with Crippen molar-refractivity contribution in [3.05, 3.63) is 0 Å². The van der Waals surface area contributed by atoms with Crippen LogP contribution in [0, 0.1) is 0 Å². The highest BCUT2D eigenvalue weighted by molar-refractivity contribution is 6.17. The van der Waals surface area contributed by atoms with Crippen molar-refractivity contribution in [3.8, 4) is 0 Å². The van der Waals surface area contributed by atoms with Gasteiger partial charge in [-0.25, -0.2) is 4.79 Å². The third-order valence-electron chi connectivity index (χ3n) is 2.74. The zero-order valence-corrected chi connectivity index (χ0v) is 12.6. The number of hydrogen-bond donors (Lipinski definition) is 1. The summed E-state index contributed by atoms with van der Waals surface area (Å²) < 4.78 is 5.30.